The number of amides is 1. The lowest BCUT2D eigenvalue weighted by Crippen LogP contribution is -2.50. The van der Waals surface area contributed by atoms with Crippen LogP contribution in [0.25, 0.3) is 0 Å². The molecule has 4 bridgehead atoms. The number of hydrogen-bond acceptors (Lipinski definition) is 2. The molecule has 3 heteroatoms. The minimum Gasteiger partial charge on any atom is -0.352 e. The van der Waals surface area contributed by atoms with Gasteiger partial charge in [-0.05, 0) is 61.8 Å². The zero-order chi connectivity index (χ0) is 16.0. The molecule has 0 aliphatic heterocycles. The molecule has 4 fully saturated rings. The Morgan fingerprint density at radius 1 is 1.00 bits per heavy atom. The van der Waals surface area contributed by atoms with Gasteiger partial charge in [0.15, 0.2) is 5.78 Å². The number of ketones is 1. The quantitative estimate of drug-likeness (QED) is 0.861. The van der Waals surface area contributed by atoms with Crippen molar-refractivity contribution in [1.82, 2.24) is 5.32 Å². The van der Waals surface area contributed by atoms with Gasteiger partial charge in [-0.2, -0.15) is 0 Å². The maximum Gasteiger partial charge on any atom is 0.217 e. The Morgan fingerprint density at radius 3 is 2.00 bits per heavy atom. The lowest BCUT2D eigenvalue weighted by atomic mass is 9.48. The molecular formula is C20H25NO2. The second kappa shape index (κ2) is 5.47. The maximum atomic E-state index is 13.2. The number of hydrogen-bond donors (Lipinski definition) is 1. The first kappa shape index (κ1) is 14.9. The topological polar surface area (TPSA) is 46.2 Å². The molecule has 1 aromatic carbocycles. The lowest BCUT2D eigenvalue weighted by Gasteiger charge is -2.56. The van der Waals surface area contributed by atoms with Gasteiger partial charge in [-0.1, -0.05) is 24.3 Å². The van der Waals surface area contributed by atoms with Crippen LogP contribution in [0.4, 0.5) is 0 Å². The summed E-state index contributed by atoms with van der Waals surface area (Å²) < 4.78 is 0. The van der Waals surface area contributed by atoms with Crippen LogP contribution in [0.15, 0.2) is 24.3 Å². The summed E-state index contributed by atoms with van der Waals surface area (Å²) in [6, 6.07) is 7.86. The van der Waals surface area contributed by atoms with Crippen molar-refractivity contribution in [1.29, 1.82) is 0 Å². The maximum absolute atomic E-state index is 13.2. The minimum absolute atomic E-state index is 0.0290. The van der Waals surface area contributed by atoms with E-state index in [2.05, 4.69) is 5.32 Å². The van der Waals surface area contributed by atoms with Gasteiger partial charge in [0.25, 0.3) is 0 Å². The summed E-state index contributed by atoms with van der Waals surface area (Å²) in [4.78, 5) is 24.2. The van der Waals surface area contributed by atoms with E-state index in [1.807, 2.05) is 24.3 Å². The first-order valence-electron chi connectivity index (χ1n) is 8.92. The highest BCUT2D eigenvalue weighted by molar-refractivity contribution is 6.00. The second-order valence-electron chi connectivity index (χ2n) is 8.13. The van der Waals surface area contributed by atoms with Crippen LogP contribution >= 0.6 is 0 Å². The van der Waals surface area contributed by atoms with Crippen LogP contribution in [0.5, 0.6) is 0 Å². The molecule has 0 unspecified atom stereocenters. The molecular weight excluding hydrogens is 286 g/mol. The van der Waals surface area contributed by atoms with Gasteiger partial charge in [0.05, 0.1) is 0 Å². The van der Waals surface area contributed by atoms with Crippen LogP contribution in [0.2, 0.25) is 0 Å². The molecule has 23 heavy (non-hydrogen) atoms. The number of carbonyl (C=O) groups excluding carboxylic acids is 2. The van der Waals surface area contributed by atoms with Gasteiger partial charge in [0.2, 0.25) is 5.91 Å². The van der Waals surface area contributed by atoms with Crippen molar-refractivity contribution in [2.75, 3.05) is 0 Å². The fraction of sp³-hybridized carbons (Fsp3) is 0.600. The van der Waals surface area contributed by atoms with Crippen molar-refractivity contribution in [2.24, 2.45) is 23.2 Å². The fourth-order valence-corrected chi connectivity index (χ4v) is 5.70. The van der Waals surface area contributed by atoms with Crippen molar-refractivity contribution >= 4 is 11.7 Å². The molecule has 0 spiro atoms. The molecule has 122 valence electrons. The van der Waals surface area contributed by atoms with Gasteiger partial charge in [-0.25, -0.2) is 0 Å². The van der Waals surface area contributed by atoms with Crippen molar-refractivity contribution in [2.45, 2.75) is 52.0 Å². The number of rotatable bonds is 4. The Bertz CT molecular complexity index is 596. The lowest BCUT2D eigenvalue weighted by molar-refractivity contribution is -0.119. The Hall–Kier alpha value is -1.64. The molecule has 3 nitrogen and oxygen atoms in total. The van der Waals surface area contributed by atoms with Gasteiger partial charge in [0, 0.05) is 24.4 Å². The molecule has 5 rings (SSSR count). The monoisotopic (exact) mass is 311 g/mol. The molecule has 0 heterocycles. The van der Waals surface area contributed by atoms with Gasteiger partial charge in [-0.15, -0.1) is 0 Å². The average Bonchev–Trinajstić information content (AvgIpc) is 2.51. The molecule has 4 aliphatic carbocycles. The van der Waals surface area contributed by atoms with Crippen LogP contribution in [0, 0.1) is 23.2 Å². The summed E-state index contributed by atoms with van der Waals surface area (Å²) in [5, 5.41) is 2.80. The number of benzene rings is 1. The van der Waals surface area contributed by atoms with Crippen LogP contribution in [-0.4, -0.2) is 11.7 Å². The number of nitrogens with one attached hydrogen (secondary N) is 1. The molecule has 0 saturated heterocycles. The SMILES string of the molecule is CC(=O)NCc1ccc(C(=O)C23CC4CC(CC(C4)C2)C3)cc1. The third kappa shape index (κ3) is 2.71. The fourth-order valence-electron chi connectivity index (χ4n) is 5.70. The van der Waals surface area contributed by atoms with Crippen molar-refractivity contribution in [3.05, 3.63) is 35.4 Å². The third-order valence-electron chi connectivity index (χ3n) is 6.28. The third-order valence-corrected chi connectivity index (χ3v) is 6.28. The zero-order valence-electron chi connectivity index (χ0n) is 13.8. The van der Waals surface area contributed by atoms with E-state index in [4.69, 9.17) is 0 Å². The highest BCUT2D eigenvalue weighted by Gasteiger charge is 2.54. The summed E-state index contributed by atoms with van der Waals surface area (Å²) in [6.45, 7) is 2.05. The number of carbonyl (C=O) groups is 2. The highest BCUT2D eigenvalue weighted by atomic mass is 16.1. The first-order chi connectivity index (χ1) is 11.0. The summed E-state index contributed by atoms with van der Waals surface area (Å²) in [7, 11) is 0. The van der Waals surface area contributed by atoms with Gasteiger partial charge in [0.1, 0.15) is 0 Å². The Morgan fingerprint density at radius 2 is 1.52 bits per heavy atom. The van der Waals surface area contributed by atoms with Crippen molar-refractivity contribution in [3.8, 4) is 0 Å². The van der Waals surface area contributed by atoms with Crippen LogP contribution < -0.4 is 5.32 Å². The normalized spacial score (nSPS) is 34.4. The van der Waals surface area contributed by atoms with Gasteiger partial charge < -0.3 is 5.32 Å². The van der Waals surface area contributed by atoms with E-state index in [1.54, 1.807) is 0 Å². The molecule has 1 N–H and O–H groups in total. The zero-order valence-corrected chi connectivity index (χ0v) is 13.8. The number of Topliss-reactive ketones (excluding diaryl/α,β-unsaturated/α-hetero) is 1. The molecule has 1 amide bonds. The van der Waals surface area contributed by atoms with Gasteiger partial charge >= 0.3 is 0 Å². The summed E-state index contributed by atoms with van der Waals surface area (Å²) in [6.07, 6.45) is 7.44. The van der Waals surface area contributed by atoms with E-state index in [0.717, 1.165) is 48.1 Å². The Balaban J connectivity index is 1.51. The van der Waals surface area contributed by atoms with Crippen LogP contribution in [0.1, 0.15) is 61.4 Å². The Kier molecular flexibility index (Phi) is 3.55. The smallest absolute Gasteiger partial charge is 0.217 e. The molecule has 0 aromatic heterocycles. The minimum atomic E-state index is -0.0616. The predicted octanol–water partition coefficient (Wildman–Crippen LogP) is 3.72. The van der Waals surface area contributed by atoms with E-state index < -0.39 is 0 Å². The van der Waals surface area contributed by atoms with E-state index in [0.29, 0.717) is 12.3 Å². The standard InChI is InChI=1S/C20H25NO2/c1-13(22)21-12-14-2-4-18(5-3-14)19(23)20-9-15-6-16(10-20)8-17(7-15)11-20/h2-5,15-17H,6-12H2,1H3,(H,21,22). The predicted molar refractivity (Wildman–Crippen MR) is 88.9 cm³/mol. The van der Waals surface area contributed by atoms with Crippen LogP contribution in [0.3, 0.4) is 0 Å². The highest BCUT2D eigenvalue weighted by Crippen LogP contribution is 2.60. The molecule has 0 atom stereocenters. The van der Waals surface area contributed by atoms with E-state index in [1.165, 1.54) is 26.2 Å². The first-order valence-corrected chi connectivity index (χ1v) is 8.92. The van der Waals surface area contributed by atoms with E-state index in [9.17, 15) is 9.59 Å². The summed E-state index contributed by atoms with van der Waals surface area (Å²) in [5.41, 5.74) is 1.84. The van der Waals surface area contributed by atoms with Gasteiger partial charge in [-0.3, -0.25) is 9.59 Å². The summed E-state index contributed by atoms with van der Waals surface area (Å²) >= 11 is 0. The molecule has 1 aromatic rings. The van der Waals surface area contributed by atoms with Crippen LogP contribution in [-0.2, 0) is 11.3 Å². The Labute approximate surface area is 137 Å². The van der Waals surface area contributed by atoms with E-state index >= 15 is 0 Å². The second-order valence-corrected chi connectivity index (χ2v) is 8.13. The summed E-state index contributed by atoms with van der Waals surface area (Å²) in [5.74, 6) is 2.74. The molecule has 0 radical (unpaired) electrons. The average molecular weight is 311 g/mol. The largest absolute Gasteiger partial charge is 0.352 e. The molecule has 4 saturated carbocycles. The van der Waals surface area contributed by atoms with E-state index in [-0.39, 0.29) is 11.3 Å². The van der Waals surface area contributed by atoms with Crippen molar-refractivity contribution in [3.63, 3.8) is 0 Å². The molecule has 4 aliphatic rings. The van der Waals surface area contributed by atoms with Crippen molar-refractivity contribution < 1.29 is 9.59 Å².